The Labute approximate surface area is 99.3 Å². The average Bonchev–Trinajstić information content (AvgIpc) is 2.22. The summed E-state index contributed by atoms with van der Waals surface area (Å²) in [7, 11) is 0. The molecule has 15 heavy (non-hydrogen) atoms. The van der Waals surface area contributed by atoms with E-state index in [0.29, 0.717) is 13.1 Å². The molecule has 1 atom stereocenters. The lowest BCUT2D eigenvalue weighted by molar-refractivity contribution is -0.124. The van der Waals surface area contributed by atoms with Gasteiger partial charge in [0.05, 0.1) is 4.83 Å². The lowest BCUT2D eigenvalue weighted by atomic mass is 10.2. The Bertz CT molecular complexity index is 219. The van der Waals surface area contributed by atoms with Gasteiger partial charge in [-0.15, -0.1) is 0 Å². The van der Waals surface area contributed by atoms with Gasteiger partial charge in [-0.2, -0.15) is 0 Å². The van der Waals surface area contributed by atoms with Crippen molar-refractivity contribution < 1.29 is 9.59 Å². The smallest absolute Gasteiger partial charge is 0.233 e. The molecular weight excluding hydrogens is 260 g/mol. The average molecular weight is 279 g/mol. The standard InChI is InChI=1S/C10H19BrN2O2/c1-4-8(11)10(15)13-6-5-12-9(14)7(2)3/h7-8H,4-6H2,1-3H3,(H,12,14)(H,13,15). The maximum atomic E-state index is 11.3. The summed E-state index contributed by atoms with van der Waals surface area (Å²) >= 11 is 3.25. The molecule has 0 saturated carbocycles. The lowest BCUT2D eigenvalue weighted by Crippen LogP contribution is -2.38. The number of hydrogen-bond donors (Lipinski definition) is 2. The van der Waals surface area contributed by atoms with Gasteiger partial charge in [0, 0.05) is 19.0 Å². The Hall–Kier alpha value is -0.580. The molecule has 4 nitrogen and oxygen atoms in total. The minimum atomic E-state index is -0.140. The molecule has 0 aromatic rings. The summed E-state index contributed by atoms with van der Waals surface area (Å²) in [5, 5.41) is 5.45. The quantitative estimate of drug-likeness (QED) is 0.564. The molecule has 0 bridgehead atoms. The van der Waals surface area contributed by atoms with Crippen LogP contribution in [0.15, 0.2) is 0 Å². The minimum absolute atomic E-state index is 0.00938. The fourth-order valence-electron chi connectivity index (χ4n) is 0.872. The van der Waals surface area contributed by atoms with Crippen LogP contribution < -0.4 is 10.6 Å². The molecule has 2 N–H and O–H groups in total. The van der Waals surface area contributed by atoms with Crippen molar-refractivity contribution in [1.82, 2.24) is 10.6 Å². The van der Waals surface area contributed by atoms with Crippen molar-refractivity contribution in [3.8, 4) is 0 Å². The summed E-state index contributed by atoms with van der Waals surface area (Å²) in [6.45, 7) is 6.55. The third kappa shape index (κ3) is 6.49. The second-order valence-electron chi connectivity index (χ2n) is 3.61. The largest absolute Gasteiger partial charge is 0.354 e. The summed E-state index contributed by atoms with van der Waals surface area (Å²) in [6, 6.07) is 0. The van der Waals surface area contributed by atoms with Gasteiger partial charge >= 0.3 is 0 Å². The Morgan fingerprint density at radius 1 is 1.13 bits per heavy atom. The number of hydrogen-bond acceptors (Lipinski definition) is 2. The van der Waals surface area contributed by atoms with Crippen LogP contribution in [0.3, 0.4) is 0 Å². The number of halogens is 1. The van der Waals surface area contributed by atoms with Crippen molar-refractivity contribution in [3.63, 3.8) is 0 Å². The number of alkyl halides is 1. The van der Waals surface area contributed by atoms with Gasteiger partial charge < -0.3 is 10.6 Å². The van der Waals surface area contributed by atoms with Crippen LogP contribution in [0.4, 0.5) is 0 Å². The van der Waals surface area contributed by atoms with Crippen molar-refractivity contribution in [3.05, 3.63) is 0 Å². The molecule has 0 aliphatic rings. The number of rotatable bonds is 6. The van der Waals surface area contributed by atoms with Crippen LogP contribution >= 0.6 is 15.9 Å². The number of nitrogens with one attached hydrogen (secondary N) is 2. The van der Waals surface area contributed by atoms with Crippen molar-refractivity contribution in [1.29, 1.82) is 0 Å². The zero-order valence-electron chi connectivity index (χ0n) is 9.47. The van der Waals surface area contributed by atoms with Gasteiger partial charge in [0.1, 0.15) is 0 Å². The summed E-state index contributed by atoms with van der Waals surface area (Å²) in [5.41, 5.74) is 0. The topological polar surface area (TPSA) is 58.2 Å². The van der Waals surface area contributed by atoms with Crippen LogP contribution in [0, 0.1) is 5.92 Å². The highest BCUT2D eigenvalue weighted by molar-refractivity contribution is 9.10. The molecule has 0 aromatic heterocycles. The summed E-state index contributed by atoms with van der Waals surface area (Å²) in [4.78, 5) is 22.3. The van der Waals surface area contributed by atoms with E-state index in [4.69, 9.17) is 0 Å². The number of amides is 2. The van der Waals surface area contributed by atoms with Crippen molar-refractivity contribution in [2.75, 3.05) is 13.1 Å². The van der Waals surface area contributed by atoms with Crippen LogP contribution in [0.5, 0.6) is 0 Å². The van der Waals surface area contributed by atoms with E-state index in [2.05, 4.69) is 26.6 Å². The maximum Gasteiger partial charge on any atom is 0.233 e. The van der Waals surface area contributed by atoms with Crippen molar-refractivity contribution in [2.45, 2.75) is 32.0 Å². The molecule has 0 spiro atoms. The first kappa shape index (κ1) is 14.4. The van der Waals surface area contributed by atoms with Crippen LogP contribution in [0.2, 0.25) is 0 Å². The molecule has 0 saturated heterocycles. The monoisotopic (exact) mass is 278 g/mol. The Balaban J connectivity index is 3.55. The van der Waals surface area contributed by atoms with Gasteiger partial charge in [0.15, 0.2) is 0 Å². The van der Waals surface area contributed by atoms with E-state index in [1.165, 1.54) is 0 Å². The van der Waals surface area contributed by atoms with Gasteiger partial charge in [-0.05, 0) is 6.42 Å². The molecule has 2 amide bonds. The SMILES string of the molecule is CCC(Br)C(=O)NCCNC(=O)C(C)C. The van der Waals surface area contributed by atoms with E-state index < -0.39 is 0 Å². The van der Waals surface area contributed by atoms with E-state index >= 15 is 0 Å². The van der Waals surface area contributed by atoms with Crippen LogP contribution in [0.1, 0.15) is 27.2 Å². The first-order valence-corrected chi connectivity index (χ1v) is 6.10. The van der Waals surface area contributed by atoms with Gasteiger partial charge in [-0.3, -0.25) is 9.59 Å². The maximum absolute atomic E-state index is 11.3. The Kier molecular flexibility index (Phi) is 7.38. The molecule has 0 aromatic carbocycles. The predicted molar refractivity (Wildman–Crippen MR) is 63.9 cm³/mol. The first-order valence-electron chi connectivity index (χ1n) is 5.18. The van der Waals surface area contributed by atoms with Gasteiger partial charge in [-0.25, -0.2) is 0 Å². The lowest BCUT2D eigenvalue weighted by Gasteiger charge is -2.10. The molecule has 88 valence electrons. The van der Waals surface area contributed by atoms with Crippen LogP contribution in [0.25, 0.3) is 0 Å². The highest BCUT2D eigenvalue weighted by atomic mass is 79.9. The number of carbonyl (C=O) groups is 2. The molecule has 0 aliphatic carbocycles. The van der Waals surface area contributed by atoms with Crippen LogP contribution in [-0.4, -0.2) is 29.7 Å². The van der Waals surface area contributed by atoms with Crippen molar-refractivity contribution >= 4 is 27.7 Å². The zero-order chi connectivity index (χ0) is 11.8. The third-order valence-corrected chi connectivity index (χ3v) is 2.95. The van der Waals surface area contributed by atoms with E-state index in [-0.39, 0.29) is 22.6 Å². The summed E-state index contributed by atoms with van der Waals surface area (Å²) in [6.07, 6.45) is 0.754. The minimum Gasteiger partial charge on any atom is -0.354 e. The molecule has 5 heteroatoms. The Morgan fingerprint density at radius 2 is 1.60 bits per heavy atom. The molecule has 1 unspecified atom stereocenters. The third-order valence-electron chi connectivity index (χ3n) is 1.89. The van der Waals surface area contributed by atoms with E-state index in [9.17, 15) is 9.59 Å². The first-order chi connectivity index (χ1) is 6.99. The molecule has 0 radical (unpaired) electrons. The highest BCUT2D eigenvalue weighted by Gasteiger charge is 2.11. The fourth-order valence-corrected chi connectivity index (χ4v) is 1.03. The second kappa shape index (κ2) is 7.68. The summed E-state index contributed by atoms with van der Waals surface area (Å²) in [5.74, 6) is -0.0355. The number of carbonyl (C=O) groups excluding carboxylic acids is 2. The second-order valence-corrected chi connectivity index (χ2v) is 4.72. The molecule has 0 fully saturated rings. The van der Waals surface area contributed by atoms with Gasteiger partial charge in [-0.1, -0.05) is 36.7 Å². The van der Waals surface area contributed by atoms with E-state index in [0.717, 1.165) is 6.42 Å². The van der Waals surface area contributed by atoms with Crippen LogP contribution in [-0.2, 0) is 9.59 Å². The molecule has 0 aliphatic heterocycles. The molecule has 0 heterocycles. The zero-order valence-corrected chi connectivity index (χ0v) is 11.1. The predicted octanol–water partition coefficient (Wildman–Crippen LogP) is 1.05. The van der Waals surface area contributed by atoms with E-state index in [1.54, 1.807) is 0 Å². The molecule has 0 rings (SSSR count). The van der Waals surface area contributed by atoms with Crippen molar-refractivity contribution in [2.24, 2.45) is 5.92 Å². The van der Waals surface area contributed by atoms with Gasteiger partial charge in [0.25, 0.3) is 0 Å². The van der Waals surface area contributed by atoms with Gasteiger partial charge in [0.2, 0.25) is 11.8 Å². The van der Waals surface area contributed by atoms with E-state index in [1.807, 2.05) is 20.8 Å². The summed E-state index contributed by atoms with van der Waals surface area (Å²) < 4.78 is 0. The molecular formula is C10H19BrN2O2. The normalized spacial score (nSPS) is 12.3. The highest BCUT2D eigenvalue weighted by Crippen LogP contribution is 2.02. The Morgan fingerprint density at radius 3 is 2.00 bits per heavy atom. The fraction of sp³-hybridized carbons (Fsp3) is 0.800.